The van der Waals surface area contributed by atoms with Gasteiger partial charge < -0.3 is 10.2 Å². The molecule has 33 heavy (non-hydrogen) atoms. The largest absolute Gasteiger partial charge is 0.362 e. The number of sulfonamides is 2. The zero-order valence-corrected chi connectivity index (χ0v) is 20.0. The Morgan fingerprint density at radius 1 is 1.09 bits per heavy atom. The van der Waals surface area contributed by atoms with E-state index < -0.39 is 43.4 Å². The number of hydrogen-bond acceptors (Lipinski definition) is 5. The van der Waals surface area contributed by atoms with E-state index in [4.69, 9.17) is 0 Å². The van der Waals surface area contributed by atoms with Gasteiger partial charge in [0.05, 0.1) is 15.4 Å². The Hall–Kier alpha value is -2.83. The van der Waals surface area contributed by atoms with Crippen LogP contribution in [0, 0.1) is 5.82 Å². The van der Waals surface area contributed by atoms with Gasteiger partial charge in [0.25, 0.3) is 15.9 Å². The van der Waals surface area contributed by atoms with Crippen molar-refractivity contribution in [1.82, 2.24) is 9.62 Å². The molecule has 1 amide bonds. The van der Waals surface area contributed by atoms with E-state index in [1.165, 1.54) is 24.3 Å². The van der Waals surface area contributed by atoms with Crippen LogP contribution in [0.3, 0.4) is 0 Å². The van der Waals surface area contributed by atoms with E-state index in [0.717, 1.165) is 31.2 Å². The molecule has 0 aliphatic carbocycles. The topological polar surface area (TPSA) is 125 Å². The molecule has 178 valence electrons. The molecule has 0 atom stereocenters. The molecule has 0 aromatic heterocycles. The number of rotatable bonds is 7. The number of nitrogens with zero attached hydrogens (tertiary/aromatic N) is 2. The van der Waals surface area contributed by atoms with Crippen molar-refractivity contribution in [2.45, 2.75) is 42.5 Å². The minimum atomic E-state index is -4.01. The quantitative estimate of drug-likeness (QED) is 0.607. The number of anilines is 1. The van der Waals surface area contributed by atoms with Gasteiger partial charge in [-0.3, -0.25) is 4.79 Å². The van der Waals surface area contributed by atoms with Crippen LogP contribution in [-0.4, -0.2) is 53.1 Å². The van der Waals surface area contributed by atoms with Crippen LogP contribution < -0.4 is 10.0 Å². The second kappa shape index (κ2) is 9.57. The molecule has 2 N–H and O–H groups in total. The highest BCUT2D eigenvalue weighted by Crippen LogP contribution is 2.22. The SMILES string of the molecule is CC(C)NS(=O)(=O)c1ccc(F)c(C(=O)Nc2cccc(S(=O)(=O)N=C3CCCN3C)c2)c1. The molecule has 1 aliphatic heterocycles. The summed E-state index contributed by atoms with van der Waals surface area (Å²) in [5.41, 5.74) is -0.406. The Kier molecular flexibility index (Phi) is 7.20. The molecular weight excluding hydrogens is 471 g/mol. The van der Waals surface area contributed by atoms with Gasteiger partial charge in [-0.15, -0.1) is 4.40 Å². The minimum absolute atomic E-state index is 0.0917. The maximum atomic E-state index is 14.3. The molecule has 0 unspecified atom stereocenters. The van der Waals surface area contributed by atoms with Gasteiger partial charge in [-0.1, -0.05) is 6.07 Å². The number of halogens is 1. The Balaban J connectivity index is 1.87. The second-order valence-corrected chi connectivity index (χ2v) is 11.2. The fourth-order valence-corrected chi connectivity index (χ4v) is 5.67. The first-order valence-electron chi connectivity index (χ1n) is 10.2. The van der Waals surface area contributed by atoms with Crippen molar-refractivity contribution in [2.75, 3.05) is 18.9 Å². The van der Waals surface area contributed by atoms with Crippen molar-refractivity contribution in [3.05, 3.63) is 53.8 Å². The molecule has 0 radical (unpaired) electrons. The summed E-state index contributed by atoms with van der Waals surface area (Å²) in [5.74, 6) is -1.39. The monoisotopic (exact) mass is 496 g/mol. The second-order valence-electron chi connectivity index (χ2n) is 7.91. The molecule has 9 nitrogen and oxygen atoms in total. The summed E-state index contributed by atoms with van der Waals surface area (Å²) in [6.07, 6.45) is 1.37. The maximum absolute atomic E-state index is 14.3. The van der Waals surface area contributed by atoms with Gasteiger partial charge in [-0.25, -0.2) is 17.5 Å². The first-order valence-corrected chi connectivity index (χ1v) is 13.1. The molecule has 1 heterocycles. The van der Waals surface area contributed by atoms with Crippen molar-refractivity contribution in [2.24, 2.45) is 4.40 Å². The summed E-state index contributed by atoms with van der Waals surface area (Å²) in [6.45, 7) is 3.98. The van der Waals surface area contributed by atoms with E-state index in [-0.39, 0.29) is 15.5 Å². The lowest BCUT2D eigenvalue weighted by Gasteiger charge is -2.12. The fraction of sp³-hybridized carbons (Fsp3) is 0.333. The molecule has 1 aliphatic rings. The zero-order chi connectivity index (χ0) is 24.4. The molecule has 0 bridgehead atoms. The van der Waals surface area contributed by atoms with Gasteiger partial charge in [-0.05, 0) is 56.7 Å². The van der Waals surface area contributed by atoms with Crippen LogP contribution in [0.1, 0.15) is 37.0 Å². The van der Waals surface area contributed by atoms with Crippen molar-refractivity contribution >= 4 is 37.5 Å². The minimum Gasteiger partial charge on any atom is -0.362 e. The molecule has 0 spiro atoms. The lowest BCUT2D eigenvalue weighted by molar-refractivity contribution is 0.102. The van der Waals surface area contributed by atoms with Crippen LogP contribution in [0.4, 0.5) is 10.1 Å². The van der Waals surface area contributed by atoms with Gasteiger partial charge in [0.15, 0.2) is 0 Å². The lowest BCUT2D eigenvalue weighted by Crippen LogP contribution is -2.30. The number of amidine groups is 1. The highest BCUT2D eigenvalue weighted by atomic mass is 32.2. The van der Waals surface area contributed by atoms with Crippen molar-refractivity contribution in [3.63, 3.8) is 0 Å². The summed E-state index contributed by atoms with van der Waals surface area (Å²) < 4.78 is 70.6. The van der Waals surface area contributed by atoms with E-state index in [1.807, 2.05) is 0 Å². The normalized spacial score (nSPS) is 15.9. The number of hydrogen-bond donors (Lipinski definition) is 2. The Labute approximate surface area is 192 Å². The fourth-order valence-electron chi connectivity index (χ4n) is 3.26. The third-order valence-corrected chi connectivity index (χ3v) is 7.79. The Morgan fingerprint density at radius 3 is 2.45 bits per heavy atom. The van der Waals surface area contributed by atoms with Crippen LogP contribution in [0.5, 0.6) is 0 Å². The number of carbonyl (C=O) groups is 1. The van der Waals surface area contributed by atoms with Crippen LogP contribution in [-0.2, 0) is 20.0 Å². The molecule has 1 fully saturated rings. The van der Waals surface area contributed by atoms with Crippen LogP contribution >= 0.6 is 0 Å². The average molecular weight is 497 g/mol. The lowest BCUT2D eigenvalue weighted by atomic mass is 10.2. The zero-order valence-electron chi connectivity index (χ0n) is 18.4. The maximum Gasteiger partial charge on any atom is 0.284 e. The molecule has 2 aromatic rings. The molecular formula is C21H25FN4O5S2. The first-order chi connectivity index (χ1) is 15.4. The van der Waals surface area contributed by atoms with Crippen LogP contribution in [0.15, 0.2) is 56.7 Å². The van der Waals surface area contributed by atoms with E-state index >= 15 is 0 Å². The summed E-state index contributed by atoms with van der Waals surface area (Å²) in [5, 5.41) is 2.42. The van der Waals surface area contributed by atoms with Crippen molar-refractivity contribution < 1.29 is 26.0 Å². The number of amides is 1. The molecule has 2 aromatic carbocycles. The molecule has 0 saturated carbocycles. The van der Waals surface area contributed by atoms with Crippen LogP contribution in [0.25, 0.3) is 0 Å². The first kappa shape index (κ1) is 24.8. The summed E-state index contributed by atoms with van der Waals surface area (Å²) in [4.78, 5) is 14.0. The van der Waals surface area contributed by atoms with Gasteiger partial charge in [0.1, 0.15) is 11.7 Å². The summed E-state index contributed by atoms with van der Waals surface area (Å²) in [6, 6.07) is 7.89. The van der Waals surface area contributed by atoms with E-state index in [1.54, 1.807) is 25.8 Å². The predicted molar refractivity (Wildman–Crippen MR) is 123 cm³/mol. The third-order valence-electron chi connectivity index (χ3n) is 4.83. The van der Waals surface area contributed by atoms with Gasteiger partial charge in [0.2, 0.25) is 10.0 Å². The summed E-state index contributed by atoms with van der Waals surface area (Å²) >= 11 is 0. The number of carbonyl (C=O) groups excluding carboxylic acids is 1. The Bertz CT molecular complexity index is 1310. The number of benzene rings is 2. The predicted octanol–water partition coefficient (Wildman–Crippen LogP) is 2.58. The van der Waals surface area contributed by atoms with Crippen molar-refractivity contribution in [3.8, 4) is 0 Å². The molecule has 3 rings (SSSR count). The average Bonchev–Trinajstić information content (AvgIpc) is 3.11. The summed E-state index contributed by atoms with van der Waals surface area (Å²) in [7, 11) is -6.19. The Morgan fingerprint density at radius 2 is 1.82 bits per heavy atom. The highest BCUT2D eigenvalue weighted by molar-refractivity contribution is 7.90. The highest BCUT2D eigenvalue weighted by Gasteiger charge is 2.22. The molecule has 12 heteroatoms. The van der Waals surface area contributed by atoms with E-state index in [9.17, 15) is 26.0 Å². The van der Waals surface area contributed by atoms with Crippen molar-refractivity contribution in [1.29, 1.82) is 0 Å². The van der Waals surface area contributed by atoms with Gasteiger partial charge in [0, 0.05) is 31.7 Å². The molecule has 1 saturated heterocycles. The van der Waals surface area contributed by atoms with Gasteiger partial charge in [-0.2, -0.15) is 8.42 Å². The van der Waals surface area contributed by atoms with E-state index in [0.29, 0.717) is 12.3 Å². The van der Waals surface area contributed by atoms with Gasteiger partial charge >= 0.3 is 0 Å². The van der Waals surface area contributed by atoms with Crippen LogP contribution in [0.2, 0.25) is 0 Å². The third kappa shape index (κ3) is 5.95. The smallest absolute Gasteiger partial charge is 0.284 e. The number of likely N-dealkylation sites (tertiary alicyclic amines) is 1. The standard InChI is InChI=1S/C21H25FN4O5S2/c1-14(2)24-32(28,29)17-9-10-19(22)18(13-17)21(27)23-15-6-4-7-16(12-15)33(30,31)25-20-8-5-11-26(20)3/h4,6-7,9-10,12-14,24H,5,8,11H2,1-3H3,(H,23,27). The number of nitrogens with one attached hydrogen (secondary N) is 2. The van der Waals surface area contributed by atoms with E-state index in [2.05, 4.69) is 14.4 Å².